The predicted molar refractivity (Wildman–Crippen MR) is 94.7 cm³/mol. The molecule has 1 aromatic carbocycles. The van der Waals surface area contributed by atoms with Gasteiger partial charge in [-0.15, -0.1) is 11.3 Å². The molecule has 7 heteroatoms. The third kappa shape index (κ3) is 3.53. The fourth-order valence-electron chi connectivity index (χ4n) is 2.88. The second kappa shape index (κ2) is 7.04. The van der Waals surface area contributed by atoms with Crippen molar-refractivity contribution in [2.24, 2.45) is 0 Å². The van der Waals surface area contributed by atoms with Crippen LogP contribution in [0.15, 0.2) is 46.7 Å². The van der Waals surface area contributed by atoms with Crippen LogP contribution in [0.2, 0.25) is 0 Å². The van der Waals surface area contributed by atoms with Crippen molar-refractivity contribution in [1.29, 1.82) is 0 Å². The smallest absolute Gasteiger partial charge is 0.261 e. The lowest BCUT2D eigenvalue weighted by molar-refractivity contribution is 0.0950. The van der Waals surface area contributed by atoms with Gasteiger partial charge in [0.1, 0.15) is 0 Å². The molecule has 1 N–H and O–H groups in total. The second-order valence-electron chi connectivity index (χ2n) is 5.91. The zero-order valence-corrected chi connectivity index (χ0v) is 15.1. The minimum Gasteiger partial charge on any atom is -0.350 e. The van der Waals surface area contributed by atoms with E-state index in [1.54, 1.807) is 30.3 Å². The third-order valence-corrected chi connectivity index (χ3v) is 7.03. The predicted octanol–water partition coefficient (Wildman–Crippen LogP) is 2.64. The summed E-state index contributed by atoms with van der Waals surface area (Å²) in [4.78, 5) is 13.0. The van der Waals surface area contributed by atoms with Crippen LogP contribution >= 0.6 is 11.3 Å². The Kier molecular flexibility index (Phi) is 5.03. The number of hydrogen-bond donors (Lipinski definition) is 1. The summed E-state index contributed by atoms with van der Waals surface area (Å²) in [5.41, 5.74) is 1.02. The number of thiophene rings is 1. The maximum Gasteiger partial charge on any atom is 0.261 e. The monoisotopic (exact) mass is 364 g/mol. The molecule has 1 aliphatic heterocycles. The molecule has 24 heavy (non-hydrogen) atoms. The molecule has 2 aromatic rings. The number of nitrogens with one attached hydrogen (secondary N) is 1. The zero-order chi connectivity index (χ0) is 17.2. The van der Waals surface area contributed by atoms with Crippen LogP contribution in [-0.4, -0.2) is 37.8 Å². The minimum absolute atomic E-state index is 0.149. The van der Waals surface area contributed by atoms with Crippen molar-refractivity contribution in [1.82, 2.24) is 9.62 Å². The van der Waals surface area contributed by atoms with Gasteiger partial charge in [-0.05, 0) is 43.3 Å². The molecule has 5 nitrogen and oxygen atoms in total. The standard InChI is InChI=1S/C17H20N2O3S2/c1-13-6-8-15(9-7-13)24(21,22)19-10-2-4-14(19)12-18-17(20)16-5-3-11-23-16/h3,5-9,11,14H,2,4,10,12H2,1H3,(H,18,20)/t14-/m0/s1. The van der Waals surface area contributed by atoms with E-state index < -0.39 is 10.0 Å². The molecule has 1 fully saturated rings. The van der Waals surface area contributed by atoms with E-state index in [0.717, 1.165) is 18.4 Å². The van der Waals surface area contributed by atoms with Crippen LogP contribution in [-0.2, 0) is 10.0 Å². The Labute approximate surface area is 146 Å². The molecule has 1 aromatic heterocycles. The molecule has 1 aliphatic rings. The molecule has 1 saturated heterocycles. The highest BCUT2D eigenvalue weighted by Crippen LogP contribution is 2.26. The van der Waals surface area contributed by atoms with E-state index in [-0.39, 0.29) is 11.9 Å². The maximum absolute atomic E-state index is 12.8. The molecule has 128 valence electrons. The Bertz CT molecular complexity index is 799. The number of hydrogen-bond acceptors (Lipinski definition) is 4. The maximum atomic E-state index is 12.8. The number of carbonyl (C=O) groups excluding carboxylic acids is 1. The largest absolute Gasteiger partial charge is 0.350 e. The Morgan fingerprint density at radius 2 is 2.04 bits per heavy atom. The van der Waals surface area contributed by atoms with Crippen LogP contribution < -0.4 is 5.32 Å². The van der Waals surface area contributed by atoms with Crippen molar-refractivity contribution < 1.29 is 13.2 Å². The second-order valence-corrected chi connectivity index (χ2v) is 8.75. The summed E-state index contributed by atoms with van der Waals surface area (Å²) < 4.78 is 27.2. The van der Waals surface area contributed by atoms with Gasteiger partial charge in [0.25, 0.3) is 5.91 Å². The highest BCUT2D eigenvalue weighted by Gasteiger charge is 2.35. The minimum atomic E-state index is -3.52. The molecule has 1 atom stereocenters. The molecular weight excluding hydrogens is 344 g/mol. The van der Waals surface area contributed by atoms with Crippen LogP contribution in [0.4, 0.5) is 0 Å². The quantitative estimate of drug-likeness (QED) is 0.887. The van der Waals surface area contributed by atoms with Crippen molar-refractivity contribution in [2.45, 2.75) is 30.7 Å². The summed E-state index contributed by atoms with van der Waals surface area (Å²) in [7, 11) is -3.52. The van der Waals surface area contributed by atoms with Crippen LogP contribution in [0, 0.1) is 6.92 Å². The Hall–Kier alpha value is -1.70. The van der Waals surface area contributed by atoms with Gasteiger partial charge >= 0.3 is 0 Å². The summed E-state index contributed by atoms with van der Waals surface area (Å²) in [5, 5.41) is 4.70. The van der Waals surface area contributed by atoms with Gasteiger partial charge in [0.05, 0.1) is 9.77 Å². The number of nitrogens with zero attached hydrogens (tertiary/aromatic N) is 1. The van der Waals surface area contributed by atoms with E-state index in [2.05, 4.69) is 5.32 Å². The lowest BCUT2D eigenvalue weighted by Gasteiger charge is -2.24. The molecule has 0 spiro atoms. The fraction of sp³-hybridized carbons (Fsp3) is 0.353. The first-order valence-corrected chi connectivity index (χ1v) is 10.2. The summed E-state index contributed by atoms with van der Waals surface area (Å²) in [6.07, 6.45) is 1.57. The van der Waals surface area contributed by atoms with E-state index in [1.165, 1.54) is 15.6 Å². The Balaban J connectivity index is 1.70. The topological polar surface area (TPSA) is 66.5 Å². The molecule has 0 unspecified atom stereocenters. The normalized spacial score (nSPS) is 18.6. The molecular formula is C17H20N2O3S2. The molecule has 0 saturated carbocycles. The molecule has 2 heterocycles. The Morgan fingerprint density at radius 3 is 2.71 bits per heavy atom. The molecule has 3 rings (SSSR count). The lowest BCUT2D eigenvalue weighted by atomic mass is 10.2. The first kappa shape index (κ1) is 17.1. The first-order valence-electron chi connectivity index (χ1n) is 7.89. The summed E-state index contributed by atoms with van der Waals surface area (Å²) >= 11 is 1.37. The van der Waals surface area contributed by atoms with Crippen molar-refractivity contribution in [3.8, 4) is 0 Å². The van der Waals surface area contributed by atoms with Crippen LogP contribution in [0.25, 0.3) is 0 Å². The van der Waals surface area contributed by atoms with Gasteiger partial charge in [0.2, 0.25) is 10.0 Å². The molecule has 0 aliphatic carbocycles. The van der Waals surface area contributed by atoms with Crippen molar-refractivity contribution in [3.05, 3.63) is 52.2 Å². The lowest BCUT2D eigenvalue weighted by Crippen LogP contribution is -2.43. The number of amides is 1. The number of sulfonamides is 1. The highest BCUT2D eigenvalue weighted by molar-refractivity contribution is 7.89. The highest BCUT2D eigenvalue weighted by atomic mass is 32.2. The molecule has 1 amide bonds. The number of carbonyl (C=O) groups is 1. The van der Waals surface area contributed by atoms with E-state index in [1.807, 2.05) is 18.4 Å². The van der Waals surface area contributed by atoms with Gasteiger partial charge in [-0.2, -0.15) is 4.31 Å². The van der Waals surface area contributed by atoms with Gasteiger partial charge in [-0.1, -0.05) is 23.8 Å². The van der Waals surface area contributed by atoms with Gasteiger partial charge < -0.3 is 5.32 Å². The summed E-state index contributed by atoms with van der Waals surface area (Å²) in [6.45, 7) is 2.76. The number of aryl methyl sites for hydroxylation is 1. The number of benzene rings is 1. The summed E-state index contributed by atoms with van der Waals surface area (Å²) in [5.74, 6) is -0.149. The van der Waals surface area contributed by atoms with Gasteiger partial charge in [-0.3, -0.25) is 4.79 Å². The van der Waals surface area contributed by atoms with Crippen LogP contribution in [0.1, 0.15) is 28.1 Å². The van der Waals surface area contributed by atoms with Gasteiger partial charge in [-0.25, -0.2) is 8.42 Å². The molecule has 0 bridgehead atoms. The van der Waals surface area contributed by atoms with Crippen LogP contribution in [0.5, 0.6) is 0 Å². The average Bonchev–Trinajstić information content (AvgIpc) is 3.24. The zero-order valence-electron chi connectivity index (χ0n) is 13.4. The third-order valence-electron chi connectivity index (χ3n) is 4.19. The van der Waals surface area contributed by atoms with E-state index in [0.29, 0.717) is 22.9 Å². The number of rotatable bonds is 5. The van der Waals surface area contributed by atoms with Crippen molar-refractivity contribution in [2.75, 3.05) is 13.1 Å². The summed E-state index contributed by atoms with van der Waals surface area (Å²) in [6, 6.07) is 10.3. The van der Waals surface area contributed by atoms with E-state index in [9.17, 15) is 13.2 Å². The average molecular weight is 364 g/mol. The first-order chi connectivity index (χ1) is 11.5. The molecule has 0 radical (unpaired) electrons. The van der Waals surface area contributed by atoms with Crippen LogP contribution in [0.3, 0.4) is 0 Å². The van der Waals surface area contributed by atoms with Crippen molar-refractivity contribution in [3.63, 3.8) is 0 Å². The fourth-order valence-corrected chi connectivity index (χ4v) is 5.21. The SMILES string of the molecule is Cc1ccc(S(=O)(=O)N2CCC[C@H]2CNC(=O)c2cccs2)cc1. The van der Waals surface area contributed by atoms with E-state index in [4.69, 9.17) is 0 Å². The van der Waals surface area contributed by atoms with Gasteiger partial charge in [0.15, 0.2) is 0 Å². The van der Waals surface area contributed by atoms with Crippen molar-refractivity contribution >= 4 is 27.3 Å². The van der Waals surface area contributed by atoms with E-state index >= 15 is 0 Å². The Morgan fingerprint density at radius 1 is 1.29 bits per heavy atom. The van der Waals surface area contributed by atoms with Gasteiger partial charge in [0, 0.05) is 19.1 Å².